The van der Waals surface area contributed by atoms with Crippen molar-refractivity contribution in [3.63, 3.8) is 0 Å². The third-order valence-corrected chi connectivity index (χ3v) is 12.8. The van der Waals surface area contributed by atoms with Gasteiger partial charge in [-0.2, -0.15) is 0 Å². The molecule has 0 radical (unpaired) electrons. The van der Waals surface area contributed by atoms with Crippen LogP contribution in [-0.2, 0) is 57.5 Å². The zero-order valence-corrected chi connectivity index (χ0v) is 38.6. The molecule has 24 nitrogen and oxygen atoms in total. The largest absolute Gasteiger partial charge is 0.481 e. The van der Waals surface area contributed by atoms with Crippen LogP contribution < -0.4 is 54.4 Å². The molecule has 2 saturated heterocycles. The first-order valence-electron chi connectivity index (χ1n) is 21.2. The van der Waals surface area contributed by atoms with E-state index in [1.165, 1.54) is 4.90 Å². The summed E-state index contributed by atoms with van der Waals surface area (Å²) in [4.78, 5) is 158. The first-order valence-corrected chi connectivity index (χ1v) is 23.7. The lowest BCUT2D eigenvalue weighted by atomic mass is 9.96. The number of carboxylic acids is 1. The highest BCUT2D eigenvalue weighted by Crippen LogP contribution is 2.26. The van der Waals surface area contributed by atoms with Gasteiger partial charge < -0.3 is 64.4 Å². The van der Waals surface area contributed by atoms with Gasteiger partial charge in [0.1, 0.15) is 42.3 Å². The first-order chi connectivity index (χ1) is 30.5. The fourth-order valence-electron chi connectivity index (χ4n) is 6.79. The third-order valence-electron chi connectivity index (χ3n) is 10.4. The molecule has 2 aliphatic rings. The summed E-state index contributed by atoms with van der Waals surface area (Å²) >= 11 is 0. The van der Waals surface area contributed by atoms with Gasteiger partial charge in [0.2, 0.25) is 65.0 Å². The van der Waals surface area contributed by atoms with E-state index >= 15 is 0 Å². The number of carboxylic acid groups (broad SMARTS) is 1. The van der Waals surface area contributed by atoms with E-state index in [9.17, 15) is 62.6 Å². The summed E-state index contributed by atoms with van der Waals surface area (Å²) in [5.74, 6) is -11.4. The Morgan fingerprint density at radius 2 is 1.40 bits per heavy atom. The highest BCUT2D eigenvalue weighted by atomic mass is 33.1. The highest BCUT2D eigenvalue weighted by molar-refractivity contribution is 8.76. The van der Waals surface area contributed by atoms with Crippen LogP contribution in [0.5, 0.6) is 0 Å². The predicted octanol–water partition coefficient (Wildman–Crippen LogP) is -3.63. The van der Waals surface area contributed by atoms with Gasteiger partial charge in [0.05, 0.1) is 13.0 Å². The zero-order chi connectivity index (χ0) is 49.0. The summed E-state index contributed by atoms with van der Waals surface area (Å²) in [5.41, 5.74) is 16.0. The second kappa shape index (κ2) is 27.6. The standard InChI is InChI=1S/C39H63N11O13S2/c1-5-20(4)32-38(62)45-22(8-10-27(40)51)34(58)46-24(16-28(41)52)36(60)48-25(18-65-64-14-12-30(54)44-21(35(59)49-32)9-11-31(55)56)39(63)50-13-6-7-26(50)37(61)47-23(15-19(2)3)33(57)43-17-29(42)53/h19-26,32H,5-18H2,1-4H3,(H2,40,51)(H2,41,52)(H2,42,53)(H,43,57)(H,44,54)(H,45,62)(H,46,58)(H,47,61)(H,48,60)(H,49,59)(H,55,56)/t20-,21-,22-,23-,24-,25-,26-,32-/m0/s1. The van der Waals surface area contributed by atoms with Crippen LogP contribution in [0.4, 0.5) is 0 Å². The van der Waals surface area contributed by atoms with Crippen LogP contribution in [-0.4, -0.2) is 148 Å². The lowest BCUT2D eigenvalue weighted by molar-refractivity contribution is -0.142. The van der Waals surface area contributed by atoms with Crippen LogP contribution in [0.1, 0.15) is 91.9 Å². The number of hydrogen-bond acceptors (Lipinski definition) is 14. The smallest absolute Gasteiger partial charge is 0.303 e. The van der Waals surface area contributed by atoms with Crippen molar-refractivity contribution in [1.29, 1.82) is 0 Å². The number of primary amides is 3. The first kappa shape index (κ1) is 55.5. The Hall–Kier alpha value is -5.66. The SMILES string of the molecule is CC[C@H](C)[C@@H]1NC(=O)[C@H](CCC(=O)O)NC(=O)CCSSC[C@@H](C(=O)N2CCC[C@H]2C(=O)N[C@@H](CC(C)C)C(=O)NCC(N)=O)NC(=O)[C@H](CC(N)=O)NC(=O)[C@H](CCC(N)=O)NC1=O. The molecule has 26 heteroatoms. The molecule has 364 valence electrons. The van der Waals surface area contributed by atoms with Crippen LogP contribution >= 0.6 is 21.6 Å². The molecule has 2 fully saturated rings. The minimum atomic E-state index is -1.75. The Bertz CT molecular complexity index is 1790. The van der Waals surface area contributed by atoms with Gasteiger partial charge in [0, 0.05) is 37.3 Å². The van der Waals surface area contributed by atoms with Crippen molar-refractivity contribution in [3.8, 4) is 0 Å². The fourth-order valence-corrected chi connectivity index (χ4v) is 8.93. The molecule has 65 heavy (non-hydrogen) atoms. The third kappa shape index (κ3) is 19.5. The molecule has 0 aromatic heterocycles. The second-order valence-electron chi connectivity index (χ2n) is 16.2. The van der Waals surface area contributed by atoms with E-state index in [0.717, 1.165) is 21.6 Å². The molecular formula is C39H63N11O13S2. The van der Waals surface area contributed by atoms with Crippen molar-refractivity contribution in [2.45, 2.75) is 134 Å². The number of nitrogens with zero attached hydrogens (tertiary/aromatic N) is 1. The topological polar surface area (TPSA) is 391 Å². The van der Waals surface area contributed by atoms with E-state index in [1.807, 2.05) is 13.8 Å². The number of likely N-dealkylation sites (tertiary alicyclic amines) is 1. The number of amides is 11. The maximum absolute atomic E-state index is 14.4. The molecule has 0 unspecified atom stereocenters. The van der Waals surface area contributed by atoms with E-state index in [1.54, 1.807) is 13.8 Å². The summed E-state index contributed by atoms with van der Waals surface area (Å²) in [6.45, 7) is 6.53. The predicted molar refractivity (Wildman–Crippen MR) is 236 cm³/mol. The van der Waals surface area contributed by atoms with Crippen LogP contribution in [0.15, 0.2) is 0 Å². The monoisotopic (exact) mass is 957 g/mol. The van der Waals surface area contributed by atoms with Crippen LogP contribution in [0.3, 0.4) is 0 Å². The highest BCUT2D eigenvalue weighted by Gasteiger charge is 2.41. The molecule has 0 bridgehead atoms. The number of hydrogen-bond donors (Lipinski definition) is 11. The van der Waals surface area contributed by atoms with E-state index < -0.39 is 151 Å². The number of carbonyl (C=O) groups is 12. The number of aliphatic carboxylic acids is 1. The average Bonchev–Trinajstić information content (AvgIpc) is 3.72. The Morgan fingerprint density at radius 3 is 2.00 bits per heavy atom. The molecule has 11 amide bonds. The van der Waals surface area contributed by atoms with E-state index in [2.05, 4.69) is 37.2 Å². The Morgan fingerprint density at radius 1 is 0.785 bits per heavy atom. The molecule has 2 heterocycles. The fraction of sp³-hybridized carbons (Fsp3) is 0.692. The van der Waals surface area contributed by atoms with E-state index in [4.69, 9.17) is 17.2 Å². The minimum Gasteiger partial charge on any atom is -0.481 e. The van der Waals surface area contributed by atoms with Crippen molar-refractivity contribution >= 4 is 92.5 Å². The van der Waals surface area contributed by atoms with Crippen molar-refractivity contribution in [1.82, 2.24) is 42.1 Å². The minimum absolute atomic E-state index is 0.0565. The van der Waals surface area contributed by atoms with Gasteiger partial charge in [-0.15, -0.1) is 0 Å². The molecular weight excluding hydrogens is 895 g/mol. The van der Waals surface area contributed by atoms with Gasteiger partial charge in [0.25, 0.3) is 0 Å². The number of rotatable bonds is 18. The van der Waals surface area contributed by atoms with Gasteiger partial charge in [0.15, 0.2) is 0 Å². The summed E-state index contributed by atoms with van der Waals surface area (Å²) < 4.78 is 0. The lowest BCUT2D eigenvalue weighted by Gasteiger charge is -2.31. The molecule has 8 atom stereocenters. The molecule has 0 spiro atoms. The molecule has 0 aromatic rings. The summed E-state index contributed by atoms with van der Waals surface area (Å²) in [6.07, 6.45) is -1.67. The molecule has 0 aliphatic carbocycles. The average molecular weight is 958 g/mol. The lowest BCUT2D eigenvalue weighted by Crippen LogP contribution is -2.61. The maximum atomic E-state index is 14.4. The van der Waals surface area contributed by atoms with Gasteiger partial charge in [-0.1, -0.05) is 55.7 Å². The zero-order valence-electron chi connectivity index (χ0n) is 36.9. The summed E-state index contributed by atoms with van der Waals surface area (Å²) in [5, 5.41) is 26.8. The molecule has 2 aliphatic heterocycles. The van der Waals surface area contributed by atoms with Gasteiger partial charge >= 0.3 is 5.97 Å². The van der Waals surface area contributed by atoms with Crippen molar-refractivity contribution < 1.29 is 62.6 Å². The van der Waals surface area contributed by atoms with Gasteiger partial charge in [-0.3, -0.25) is 57.5 Å². The van der Waals surface area contributed by atoms with E-state index in [0.29, 0.717) is 12.8 Å². The normalized spacial score (nSPS) is 23.9. The molecule has 2 rings (SSSR count). The van der Waals surface area contributed by atoms with Gasteiger partial charge in [-0.25, -0.2) is 0 Å². The quantitative estimate of drug-likeness (QED) is 0.0591. The number of carbonyl (C=O) groups excluding carboxylic acids is 11. The molecule has 0 saturated carbocycles. The van der Waals surface area contributed by atoms with E-state index in [-0.39, 0.29) is 49.7 Å². The van der Waals surface area contributed by atoms with Crippen LogP contribution in [0, 0.1) is 11.8 Å². The Kier molecular flexibility index (Phi) is 23.6. The van der Waals surface area contributed by atoms with Crippen LogP contribution in [0.2, 0.25) is 0 Å². The van der Waals surface area contributed by atoms with Crippen LogP contribution in [0.25, 0.3) is 0 Å². The summed E-state index contributed by atoms with van der Waals surface area (Å²) in [6, 6.07) is -9.73. The van der Waals surface area contributed by atoms with Gasteiger partial charge in [-0.05, 0) is 43.9 Å². The molecule has 14 N–H and O–H groups in total. The Balaban J connectivity index is 2.57. The van der Waals surface area contributed by atoms with Crippen molar-refractivity contribution in [2.75, 3.05) is 24.6 Å². The van der Waals surface area contributed by atoms with Crippen molar-refractivity contribution in [2.24, 2.45) is 29.0 Å². The number of nitrogens with one attached hydrogen (secondary N) is 7. The summed E-state index contributed by atoms with van der Waals surface area (Å²) in [7, 11) is 2.14. The second-order valence-corrected chi connectivity index (χ2v) is 18.8. The molecule has 0 aromatic carbocycles. The van der Waals surface area contributed by atoms with Crippen molar-refractivity contribution in [3.05, 3.63) is 0 Å². The number of nitrogens with two attached hydrogens (primary N) is 3. The maximum Gasteiger partial charge on any atom is 0.303 e. The Labute approximate surface area is 384 Å².